The Bertz CT molecular complexity index is 2290. The van der Waals surface area contributed by atoms with Gasteiger partial charge in [0.15, 0.2) is 0 Å². The molecule has 6 atom stereocenters. The molecule has 16 nitrogen and oxygen atoms in total. The van der Waals surface area contributed by atoms with Crippen molar-refractivity contribution < 1.29 is 41.9 Å². The smallest absolute Gasteiger partial charge is 0.316 e. The maximum Gasteiger partial charge on any atom is 0.316 e. The highest BCUT2D eigenvalue weighted by atomic mass is 32.2. The van der Waals surface area contributed by atoms with Crippen molar-refractivity contribution >= 4 is 50.5 Å². The molecule has 6 amide bonds. The summed E-state index contributed by atoms with van der Waals surface area (Å²) in [5.74, 6) is -2.28. The Kier molecular flexibility index (Phi) is 12.7. The highest BCUT2D eigenvalue weighted by molar-refractivity contribution is 7.91. The van der Waals surface area contributed by atoms with Gasteiger partial charge in [0.25, 0.3) is 5.91 Å². The third-order valence-corrected chi connectivity index (χ3v) is 13.2. The summed E-state index contributed by atoms with van der Waals surface area (Å²) in [7, 11) is -2.38. The molecule has 0 spiro atoms. The molecule has 5 N–H and O–H groups in total. The SMILES string of the molecule is C=C[C@@H]1C[C@]1(NC(=O)[C@@H]1C[C@@H](Oc2nccc3cc(OC)ccc23)CN1C(=O)[C@@H](NC(=O)N[C@H](C(=O)NCc1ccccc1)C(C)(C)C)C(C)(C)C)C(=O)NS(=O)(=O)C1CC1. The number of amides is 6. The van der Waals surface area contributed by atoms with Crippen LogP contribution in [0.15, 0.2) is 73.4 Å². The Hall–Kier alpha value is -5.71. The molecule has 1 aliphatic heterocycles. The Balaban J connectivity index is 1.26. The molecular weight excluding hydrogens is 803 g/mol. The number of nitrogens with one attached hydrogen (secondary N) is 5. The minimum absolute atomic E-state index is 0.0284. The molecule has 2 heterocycles. The number of urea groups is 1. The number of ether oxygens (including phenoxy) is 2. The van der Waals surface area contributed by atoms with Gasteiger partial charge in [-0.3, -0.25) is 23.9 Å². The summed E-state index contributed by atoms with van der Waals surface area (Å²) in [5.41, 5.74) is -2.36. The van der Waals surface area contributed by atoms with Gasteiger partial charge in [-0.05, 0) is 65.3 Å². The summed E-state index contributed by atoms with van der Waals surface area (Å²) in [4.78, 5) is 76.1. The maximum atomic E-state index is 14.9. The minimum atomic E-state index is -3.94. The van der Waals surface area contributed by atoms with E-state index in [9.17, 15) is 32.4 Å². The Labute approximate surface area is 357 Å². The monoisotopic (exact) mass is 859 g/mol. The number of hydrogen-bond acceptors (Lipinski definition) is 10. The zero-order chi connectivity index (χ0) is 44.5. The number of likely N-dealkylation sites (tertiary alicyclic amines) is 1. The lowest BCUT2D eigenvalue weighted by Gasteiger charge is -2.36. The predicted octanol–water partition coefficient (Wildman–Crippen LogP) is 3.71. The van der Waals surface area contributed by atoms with E-state index in [1.807, 2.05) is 57.2 Å². The van der Waals surface area contributed by atoms with E-state index in [-0.39, 0.29) is 31.8 Å². The Morgan fingerprint density at radius 2 is 1.64 bits per heavy atom. The van der Waals surface area contributed by atoms with Crippen LogP contribution in [-0.2, 0) is 35.7 Å². The predicted molar refractivity (Wildman–Crippen MR) is 229 cm³/mol. The first-order valence-corrected chi connectivity index (χ1v) is 22.0. The van der Waals surface area contributed by atoms with Crippen LogP contribution in [0.25, 0.3) is 10.8 Å². The average molecular weight is 860 g/mol. The average Bonchev–Trinajstić information content (AvgIpc) is 4.14. The van der Waals surface area contributed by atoms with Gasteiger partial charge in [-0.25, -0.2) is 18.2 Å². The molecular formula is C44H57N7O9S. The fourth-order valence-electron chi connectivity index (χ4n) is 7.58. The van der Waals surface area contributed by atoms with E-state index in [1.165, 1.54) is 11.0 Å². The largest absolute Gasteiger partial charge is 0.497 e. The fraction of sp³-hybridized carbons (Fsp3) is 0.500. The van der Waals surface area contributed by atoms with Crippen molar-refractivity contribution in [3.8, 4) is 11.6 Å². The van der Waals surface area contributed by atoms with Crippen LogP contribution in [0.1, 0.15) is 72.8 Å². The summed E-state index contributed by atoms with van der Waals surface area (Å²) < 4.78 is 39.6. The van der Waals surface area contributed by atoms with E-state index in [0.29, 0.717) is 24.0 Å². The number of benzene rings is 2. The van der Waals surface area contributed by atoms with Crippen LogP contribution in [0, 0.1) is 16.7 Å². The number of methoxy groups -OCH3 is 1. The molecule has 0 radical (unpaired) electrons. The zero-order valence-corrected chi connectivity index (χ0v) is 36.6. The van der Waals surface area contributed by atoms with Gasteiger partial charge in [0, 0.05) is 30.5 Å². The number of nitrogens with zero attached hydrogens (tertiary/aromatic N) is 2. The molecule has 1 aromatic heterocycles. The first-order chi connectivity index (χ1) is 28.7. The molecule has 0 unspecified atom stereocenters. The number of carbonyl (C=O) groups is 5. The lowest BCUT2D eigenvalue weighted by atomic mass is 9.85. The van der Waals surface area contributed by atoms with Gasteiger partial charge in [0.2, 0.25) is 33.6 Å². The fourth-order valence-corrected chi connectivity index (χ4v) is 8.95. The molecule has 0 bridgehead atoms. The lowest BCUT2D eigenvalue weighted by molar-refractivity contribution is -0.142. The number of pyridine rings is 1. The summed E-state index contributed by atoms with van der Waals surface area (Å²) >= 11 is 0. The van der Waals surface area contributed by atoms with Crippen molar-refractivity contribution in [2.75, 3.05) is 13.7 Å². The van der Waals surface area contributed by atoms with Gasteiger partial charge >= 0.3 is 6.03 Å². The van der Waals surface area contributed by atoms with Gasteiger partial charge < -0.3 is 35.6 Å². The first-order valence-electron chi connectivity index (χ1n) is 20.5. The second-order valence-electron chi connectivity index (χ2n) is 18.3. The lowest BCUT2D eigenvalue weighted by Crippen LogP contribution is -2.62. The third kappa shape index (κ3) is 10.3. The molecule has 2 aliphatic carbocycles. The van der Waals surface area contributed by atoms with Crippen LogP contribution in [0.5, 0.6) is 11.6 Å². The van der Waals surface area contributed by atoms with E-state index >= 15 is 0 Å². The van der Waals surface area contributed by atoms with Gasteiger partial charge in [0.1, 0.15) is 35.5 Å². The standard InChI is InChI=1S/C44H57N7O9S/c1-9-28-23-44(28,40(55)50-61(57,58)31-16-17-31)49-36(52)33-22-30(60-38-32-18-15-29(59-8)21-27(32)19-20-45-38)25-51(33)39(54)35(43(5,6)7)48-41(56)47-34(42(2,3)4)37(53)46-24-26-13-11-10-12-14-26/h9-15,18-21,28,30-31,33-35H,1,16-17,22-25H2,2-8H3,(H,46,53)(H,49,52)(H,50,55)(H2,47,48,56)/t28-,30-,33+,34-,35-,44-/m1/s1. The summed E-state index contributed by atoms with van der Waals surface area (Å²) in [6.07, 6.45) is 3.24. The highest BCUT2D eigenvalue weighted by Crippen LogP contribution is 2.45. The van der Waals surface area contributed by atoms with E-state index in [2.05, 4.69) is 37.6 Å². The van der Waals surface area contributed by atoms with Crippen molar-refractivity contribution in [1.82, 2.24) is 35.9 Å². The molecule has 2 aromatic carbocycles. The number of fused-ring (bicyclic) bond motifs is 1. The molecule has 61 heavy (non-hydrogen) atoms. The first kappa shape index (κ1) is 44.8. The van der Waals surface area contributed by atoms with Crippen LogP contribution in [0.3, 0.4) is 0 Å². The van der Waals surface area contributed by atoms with Crippen molar-refractivity contribution in [3.05, 3.63) is 79.0 Å². The minimum Gasteiger partial charge on any atom is -0.497 e. The van der Waals surface area contributed by atoms with E-state index in [4.69, 9.17) is 9.47 Å². The van der Waals surface area contributed by atoms with Crippen LogP contribution in [-0.4, -0.2) is 96.6 Å². The third-order valence-electron chi connectivity index (χ3n) is 11.4. The van der Waals surface area contributed by atoms with Crippen LogP contribution >= 0.6 is 0 Å². The van der Waals surface area contributed by atoms with Crippen molar-refractivity contribution in [1.29, 1.82) is 0 Å². The molecule has 17 heteroatoms. The molecule has 1 saturated heterocycles. The summed E-state index contributed by atoms with van der Waals surface area (Å²) in [6, 6.07) is 12.3. The number of hydrogen-bond donors (Lipinski definition) is 5. The Morgan fingerprint density at radius 3 is 2.25 bits per heavy atom. The second kappa shape index (κ2) is 17.3. The van der Waals surface area contributed by atoms with Crippen LogP contribution in [0.2, 0.25) is 0 Å². The van der Waals surface area contributed by atoms with Gasteiger partial charge in [0.05, 0.1) is 18.9 Å². The maximum absolute atomic E-state index is 14.9. The highest BCUT2D eigenvalue weighted by Gasteiger charge is 2.62. The van der Waals surface area contributed by atoms with Crippen LogP contribution in [0.4, 0.5) is 4.79 Å². The number of carbonyl (C=O) groups excluding carboxylic acids is 5. The molecule has 3 aliphatic rings. The summed E-state index contributed by atoms with van der Waals surface area (Å²) in [5, 5.41) is 12.0. The van der Waals surface area contributed by atoms with Crippen LogP contribution < -0.4 is 35.5 Å². The quantitative estimate of drug-likeness (QED) is 0.140. The van der Waals surface area contributed by atoms with E-state index in [0.717, 1.165) is 10.9 Å². The van der Waals surface area contributed by atoms with Crippen molar-refractivity contribution in [2.45, 2.75) is 109 Å². The topological polar surface area (TPSA) is 214 Å². The van der Waals surface area contributed by atoms with Crippen molar-refractivity contribution in [2.24, 2.45) is 16.7 Å². The zero-order valence-electron chi connectivity index (χ0n) is 35.7. The van der Waals surface area contributed by atoms with E-state index < -0.39 is 91.4 Å². The van der Waals surface area contributed by atoms with E-state index in [1.54, 1.807) is 52.3 Å². The second-order valence-corrected chi connectivity index (χ2v) is 20.2. The number of sulfonamides is 1. The van der Waals surface area contributed by atoms with Gasteiger partial charge in [-0.15, -0.1) is 6.58 Å². The van der Waals surface area contributed by atoms with Crippen molar-refractivity contribution in [3.63, 3.8) is 0 Å². The molecule has 6 rings (SSSR count). The summed E-state index contributed by atoms with van der Waals surface area (Å²) in [6.45, 7) is 14.6. The number of aromatic nitrogens is 1. The van der Waals surface area contributed by atoms with Gasteiger partial charge in [-0.1, -0.05) is 78.0 Å². The van der Waals surface area contributed by atoms with Gasteiger partial charge in [-0.2, -0.15) is 0 Å². The Morgan fingerprint density at radius 1 is 0.967 bits per heavy atom. The normalized spacial score (nSPS) is 22.3. The molecule has 3 aromatic rings. The molecule has 2 saturated carbocycles. The number of rotatable bonds is 15. The molecule has 3 fully saturated rings. The molecule has 328 valence electrons.